The van der Waals surface area contributed by atoms with Gasteiger partial charge in [0.15, 0.2) is 5.03 Å². The van der Waals surface area contributed by atoms with Gasteiger partial charge in [-0.05, 0) is 30.9 Å². The maximum atomic E-state index is 12.1. The Hall–Kier alpha value is -1.43. The molecule has 0 aliphatic carbocycles. The summed E-state index contributed by atoms with van der Waals surface area (Å²) in [4.78, 5) is 17.5. The summed E-state index contributed by atoms with van der Waals surface area (Å²) < 4.78 is 24.1. The molecule has 19 heavy (non-hydrogen) atoms. The molecule has 1 aromatic heterocycles. The molecule has 1 aliphatic rings. The number of carbonyl (C=O) groups excluding carboxylic acids is 1. The highest BCUT2D eigenvalue weighted by atomic mass is 32.2. The fraction of sp³-hybridized carbons (Fsp3) is 0.538. The number of nitrogens with zero attached hydrogens (tertiary/aromatic N) is 2. The first-order valence-corrected chi connectivity index (χ1v) is 8.06. The van der Waals surface area contributed by atoms with Gasteiger partial charge < -0.3 is 4.90 Å². The molecule has 0 bridgehead atoms. The second-order valence-corrected chi connectivity index (χ2v) is 6.95. The first-order valence-electron chi connectivity index (χ1n) is 6.40. The van der Waals surface area contributed by atoms with Crippen molar-refractivity contribution in [2.75, 3.05) is 18.8 Å². The normalized spacial score (nSPS) is 20.3. The molecule has 104 valence electrons. The maximum Gasteiger partial charge on any atom is 0.238 e. The number of likely N-dealkylation sites (tertiary alicyclic amines) is 1. The topological polar surface area (TPSA) is 67.3 Å². The predicted molar refractivity (Wildman–Crippen MR) is 71.3 cm³/mol. The number of rotatable bonds is 3. The van der Waals surface area contributed by atoms with Crippen LogP contribution in [-0.4, -0.2) is 43.1 Å². The van der Waals surface area contributed by atoms with Gasteiger partial charge in [-0.3, -0.25) is 4.79 Å². The first-order chi connectivity index (χ1) is 8.99. The molecule has 1 amide bonds. The fourth-order valence-electron chi connectivity index (χ4n) is 2.27. The maximum absolute atomic E-state index is 12.1. The van der Waals surface area contributed by atoms with Crippen molar-refractivity contribution in [3.8, 4) is 0 Å². The lowest BCUT2D eigenvalue weighted by molar-refractivity contribution is -0.130. The van der Waals surface area contributed by atoms with Crippen LogP contribution in [0.25, 0.3) is 0 Å². The number of piperidine rings is 1. The SMILES string of the molecule is C[C@H]1CCCN(C(=O)CS(=O)(=O)c2ccccn2)C1. The Balaban J connectivity index is 2.06. The van der Waals surface area contributed by atoms with E-state index in [-0.39, 0.29) is 10.9 Å². The van der Waals surface area contributed by atoms with Gasteiger partial charge >= 0.3 is 0 Å². The molecule has 6 heteroatoms. The monoisotopic (exact) mass is 282 g/mol. The second-order valence-electron chi connectivity index (χ2n) is 5.01. The van der Waals surface area contributed by atoms with Crippen LogP contribution in [0, 0.1) is 5.92 Å². The average Bonchev–Trinajstić information content (AvgIpc) is 2.39. The number of hydrogen-bond donors (Lipinski definition) is 0. The van der Waals surface area contributed by atoms with E-state index in [1.54, 1.807) is 17.0 Å². The molecule has 0 saturated carbocycles. The van der Waals surface area contributed by atoms with Crippen molar-refractivity contribution in [1.82, 2.24) is 9.88 Å². The summed E-state index contributed by atoms with van der Waals surface area (Å²) in [5, 5.41) is -0.0339. The van der Waals surface area contributed by atoms with Crippen LogP contribution >= 0.6 is 0 Å². The van der Waals surface area contributed by atoms with Crippen molar-refractivity contribution in [2.45, 2.75) is 24.8 Å². The molecule has 0 unspecified atom stereocenters. The summed E-state index contributed by atoms with van der Waals surface area (Å²) in [5.74, 6) is -0.371. The molecule has 1 fully saturated rings. The third-order valence-electron chi connectivity index (χ3n) is 3.28. The van der Waals surface area contributed by atoms with Gasteiger partial charge in [0.05, 0.1) is 0 Å². The first kappa shape index (κ1) is 14.0. The number of pyridine rings is 1. The minimum absolute atomic E-state index is 0.0339. The third-order valence-corrected chi connectivity index (χ3v) is 4.79. The molecule has 0 radical (unpaired) electrons. The number of amides is 1. The highest BCUT2D eigenvalue weighted by Crippen LogP contribution is 2.16. The number of aromatic nitrogens is 1. The minimum Gasteiger partial charge on any atom is -0.342 e. The largest absolute Gasteiger partial charge is 0.342 e. The summed E-state index contributed by atoms with van der Waals surface area (Å²) in [6.45, 7) is 3.38. The number of hydrogen-bond acceptors (Lipinski definition) is 4. The molecule has 1 aliphatic heterocycles. The van der Waals surface area contributed by atoms with Crippen LogP contribution in [0.1, 0.15) is 19.8 Å². The smallest absolute Gasteiger partial charge is 0.238 e. The predicted octanol–water partition coefficient (Wildman–Crippen LogP) is 1.11. The van der Waals surface area contributed by atoms with E-state index in [1.807, 2.05) is 0 Å². The Bertz CT molecular complexity index is 542. The molecule has 2 rings (SSSR count). The van der Waals surface area contributed by atoms with Crippen LogP contribution in [-0.2, 0) is 14.6 Å². The molecule has 5 nitrogen and oxygen atoms in total. The molecule has 2 heterocycles. The van der Waals surface area contributed by atoms with Crippen LogP contribution in [0.5, 0.6) is 0 Å². The van der Waals surface area contributed by atoms with Gasteiger partial charge in [-0.25, -0.2) is 13.4 Å². The van der Waals surface area contributed by atoms with E-state index in [4.69, 9.17) is 0 Å². The van der Waals surface area contributed by atoms with E-state index >= 15 is 0 Å². The molecule has 1 saturated heterocycles. The average molecular weight is 282 g/mol. The van der Waals surface area contributed by atoms with Gasteiger partial charge in [0, 0.05) is 19.3 Å². The Labute approximate surface area is 113 Å². The zero-order valence-electron chi connectivity index (χ0n) is 10.9. The Kier molecular flexibility index (Phi) is 4.19. The summed E-state index contributed by atoms with van der Waals surface area (Å²) in [6.07, 6.45) is 3.45. The van der Waals surface area contributed by atoms with E-state index in [2.05, 4.69) is 11.9 Å². The van der Waals surface area contributed by atoms with Crippen LogP contribution < -0.4 is 0 Å². The summed E-state index contributed by atoms with van der Waals surface area (Å²) >= 11 is 0. The van der Waals surface area contributed by atoms with Crippen LogP contribution in [0.4, 0.5) is 0 Å². The van der Waals surface area contributed by atoms with Crippen molar-refractivity contribution < 1.29 is 13.2 Å². The fourth-order valence-corrected chi connectivity index (χ4v) is 3.44. The van der Waals surface area contributed by atoms with E-state index in [9.17, 15) is 13.2 Å². The van der Waals surface area contributed by atoms with Gasteiger partial charge in [0.25, 0.3) is 0 Å². The molecule has 0 N–H and O–H groups in total. The van der Waals surface area contributed by atoms with Crippen molar-refractivity contribution in [2.24, 2.45) is 5.92 Å². The molecule has 1 atom stereocenters. The lowest BCUT2D eigenvalue weighted by Gasteiger charge is -2.30. The van der Waals surface area contributed by atoms with Crippen LogP contribution in [0.3, 0.4) is 0 Å². The Morgan fingerprint density at radius 1 is 1.47 bits per heavy atom. The molecule has 1 aromatic rings. The van der Waals surface area contributed by atoms with Gasteiger partial charge in [-0.15, -0.1) is 0 Å². The number of sulfone groups is 1. The van der Waals surface area contributed by atoms with E-state index in [0.29, 0.717) is 19.0 Å². The lowest BCUT2D eigenvalue weighted by atomic mass is 10.0. The van der Waals surface area contributed by atoms with E-state index in [1.165, 1.54) is 12.3 Å². The van der Waals surface area contributed by atoms with Crippen molar-refractivity contribution >= 4 is 15.7 Å². The Morgan fingerprint density at radius 3 is 2.89 bits per heavy atom. The van der Waals surface area contributed by atoms with Gasteiger partial charge in [-0.2, -0.15) is 0 Å². The zero-order valence-corrected chi connectivity index (χ0v) is 11.8. The van der Waals surface area contributed by atoms with Crippen molar-refractivity contribution in [3.05, 3.63) is 24.4 Å². The number of carbonyl (C=O) groups is 1. The van der Waals surface area contributed by atoms with E-state index < -0.39 is 15.6 Å². The van der Waals surface area contributed by atoms with Gasteiger partial charge in [-0.1, -0.05) is 13.0 Å². The minimum atomic E-state index is -3.63. The summed E-state index contributed by atoms with van der Waals surface area (Å²) in [6, 6.07) is 4.67. The van der Waals surface area contributed by atoms with Crippen LogP contribution in [0.15, 0.2) is 29.4 Å². The Morgan fingerprint density at radius 2 is 2.26 bits per heavy atom. The van der Waals surface area contributed by atoms with E-state index in [0.717, 1.165) is 12.8 Å². The lowest BCUT2D eigenvalue weighted by Crippen LogP contribution is -2.42. The van der Waals surface area contributed by atoms with Gasteiger partial charge in [0.2, 0.25) is 15.7 Å². The van der Waals surface area contributed by atoms with Crippen molar-refractivity contribution in [3.63, 3.8) is 0 Å². The second kappa shape index (κ2) is 5.69. The van der Waals surface area contributed by atoms with Crippen LogP contribution in [0.2, 0.25) is 0 Å². The molecular formula is C13H18N2O3S. The zero-order chi connectivity index (χ0) is 13.9. The van der Waals surface area contributed by atoms with Gasteiger partial charge in [0.1, 0.15) is 5.75 Å². The highest BCUT2D eigenvalue weighted by molar-refractivity contribution is 7.92. The highest BCUT2D eigenvalue weighted by Gasteiger charge is 2.26. The summed E-state index contributed by atoms with van der Waals surface area (Å²) in [5.41, 5.74) is 0. The molecular weight excluding hydrogens is 264 g/mol. The summed E-state index contributed by atoms with van der Waals surface area (Å²) in [7, 11) is -3.63. The third kappa shape index (κ3) is 3.53. The van der Waals surface area contributed by atoms with Crippen molar-refractivity contribution in [1.29, 1.82) is 0 Å². The standard InChI is InChI=1S/C13H18N2O3S/c1-11-5-4-8-15(9-11)13(16)10-19(17,18)12-6-2-3-7-14-12/h2-3,6-7,11H,4-5,8-10H2,1H3/t11-/m0/s1. The quantitative estimate of drug-likeness (QED) is 0.833. The molecule has 0 spiro atoms. The molecule has 0 aromatic carbocycles.